The van der Waals surface area contributed by atoms with Crippen LogP contribution in [0.15, 0.2) is 18.5 Å². The normalized spacial score (nSPS) is 10.6. The molecule has 0 aliphatic carbocycles. The van der Waals surface area contributed by atoms with Crippen molar-refractivity contribution in [1.82, 2.24) is 19.7 Å². The van der Waals surface area contributed by atoms with Crippen LogP contribution in [0.3, 0.4) is 0 Å². The minimum atomic E-state index is 0.295. The highest BCUT2D eigenvalue weighted by atomic mass is 15.3. The van der Waals surface area contributed by atoms with Gasteiger partial charge in [0.1, 0.15) is 0 Å². The highest BCUT2D eigenvalue weighted by Crippen LogP contribution is 2.21. The Bertz CT molecular complexity index is 489. The molecule has 0 amide bonds. The lowest BCUT2D eigenvalue weighted by atomic mass is 10.1. The quantitative estimate of drug-likeness (QED) is 0.844. The number of hydrogen-bond donors (Lipinski definition) is 1. The van der Waals surface area contributed by atoms with E-state index in [-0.39, 0.29) is 0 Å². The zero-order chi connectivity index (χ0) is 11.5. The lowest BCUT2D eigenvalue weighted by Gasteiger charge is -2.00. The molecule has 0 aliphatic rings. The molecule has 5 nitrogen and oxygen atoms in total. The molecular formula is C11H15N5. The minimum Gasteiger partial charge on any atom is -0.368 e. The first-order valence-electron chi connectivity index (χ1n) is 5.32. The van der Waals surface area contributed by atoms with E-state index in [1.54, 1.807) is 10.9 Å². The van der Waals surface area contributed by atoms with Gasteiger partial charge in [-0.1, -0.05) is 13.3 Å². The summed E-state index contributed by atoms with van der Waals surface area (Å²) in [5, 5.41) is 4.42. The van der Waals surface area contributed by atoms with E-state index >= 15 is 0 Å². The molecule has 0 fully saturated rings. The van der Waals surface area contributed by atoms with Crippen molar-refractivity contribution >= 4 is 5.95 Å². The number of anilines is 1. The van der Waals surface area contributed by atoms with Crippen molar-refractivity contribution < 1.29 is 0 Å². The molecule has 16 heavy (non-hydrogen) atoms. The van der Waals surface area contributed by atoms with Gasteiger partial charge >= 0.3 is 0 Å². The number of aryl methyl sites for hydroxylation is 2. The van der Waals surface area contributed by atoms with Gasteiger partial charge in [-0.25, -0.2) is 9.97 Å². The second kappa shape index (κ2) is 4.30. The predicted molar refractivity (Wildman–Crippen MR) is 62.6 cm³/mol. The van der Waals surface area contributed by atoms with Crippen LogP contribution in [-0.4, -0.2) is 19.7 Å². The molecule has 0 saturated heterocycles. The van der Waals surface area contributed by atoms with Crippen LogP contribution in [0.2, 0.25) is 0 Å². The smallest absolute Gasteiger partial charge is 0.220 e. The Morgan fingerprint density at radius 1 is 1.44 bits per heavy atom. The Kier molecular flexibility index (Phi) is 2.85. The molecule has 2 rings (SSSR count). The maximum Gasteiger partial charge on any atom is 0.220 e. The van der Waals surface area contributed by atoms with Crippen molar-refractivity contribution in [3.63, 3.8) is 0 Å². The van der Waals surface area contributed by atoms with Crippen LogP contribution in [-0.2, 0) is 13.5 Å². The van der Waals surface area contributed by atoms with Crippen LogP contribution in [0.4, 0.5) is 5.95 Å². The van der Waals surface area contributed by atoms with Crippen molar-refractivity contribution in [1.29, 1.82) is 0 Å². The average molecular weight is 217 g/mol. The molecule has 0 aliphatic heterocycles. The van der Waals surface area contributed by atoms with E-state index in [2.05, 4.69) is 22.0 Å². The maximum absolute atomic E-state index is 5.58. The fourth-order valence-electron chi connectivity index (χ4n) is 1.69. The van der Waals surface area contributed by atoms with Crippen LogP contribution >= 0.6 is 0 Å². The number of nitrogens with zero attached hydrogens (tertiary/aromatic N) is 4. The van der Waals surface area contributed by atoms with E-state index in [1.807, 2.05) is 19.3 Å². The van der Waals surface area contributed by atoms with E-state index < -0.39 is 0 Å². The largest absolute Gasteiger partial charge is 0.368 e. The highest BCUT2D eigenvalue weighted by molar-refractivity contribution is 5.61. The fraction of sp³-hybridized carbons (Fsp3) is 0.364. The molecule has 0 spiro atoms. The van der Waals surface area contributed by atoms with E-state index in [4.69, 9.17) is 5.73 Å². The van der Waals surface area contributed by atoms with E-state index in [9.17, 15) is 0 Å². The van der Waals surface area contributed by atoms with Gasteiger partial charge in [-0.05, 0) is 12.5 Å². The maximum atomic E-state index is 5.58. The average Bonchev–Trinajstić information content (AvgIpc) is 2.60. The number of nitrogens with two attached hydrogens (primary N) is 1. The molecule has 84 valence electrons. The molecular weight excluding hydrogens is 202 g/mol. The van der Waals surface area contributed by atoms with Crippen molar-refractivity contribution in [3.05, 3.63) is 24.2 Å². The fourth-order valence-corrected chi connectivity index (χ4v) is 1.69. The van der Waals surface area contributed by atoms with Gasteiger partial charge in [-0.3, -0.25) is 4.68 Å². The van der Waals surface area contributed by atoms with E-state index in [1.165, 1.54) is 0 Å². The second-order valence-electron chi connectivity index (χ2n) is 3.71. The SMILES string of the molecule is CCCc1nn(C)cc1-c1ccnc(N)n1. The minimum absolute atomic E-state index is 0.295. The molecule has 0 aromatic carbocycles. The molecule has 0 atom stereocenters. The zero-order valence-corrected chi connectivity index (χ0v) is 9.51. The number of rotatable bonds is 3. The van der Waals surface area contributed by atoms with Crippen molar-refractivity contribution in [2.24, 2.45) is 7.05 Å². The molecule has 0 saturated carbocycles. The summed E-state index contributed by atoms with van der Waals surface area (Å²) in [6.07, 6.45) is 5.64. The van der Waals surface area contributed by atoms with E-state index in [0.717, 1.165) is 29.8 Å². The first-order valence-corrected chi connectivity index (χ1v) is 5.32. The third-order valence-corrected chi connectivity index (χ3v) is 2.34. The van der Waals surface area contributed by atoms with Gasteiger partial charge in [0, 0.05) is 25.0 Å². The van der Waals surface area contributed by atoms with E-state index in [0.29, 0.717) is 5.95 Å². The van der Waals surface area contributed by atoms with Gasteiger partial charge in [0.25, 0.3) is 0 Å². The Hall–Kier alpha value is -1.91. The van der Waals surface area contributed by atoms with Crippen LogP contribution in [0.1, 0.15) is 19.0 Å². The molecule has 2 aromatic rings. The van der Waals surface area contributed by atoms with Crippen LogP contribution in [0.5, 0.6) is 0 Å². The number of hydrogen-bond acceptors (Lipinski definition) is 4. The van der Waals surface area contributed by atoms with Gasteiger partial charge < -0.3 is 5.73 Å². The van der Waals surface area contributed by atoms with Gasteiger partial charge in [0.2, 0.25) is 5.95 Å². The van der Waals surface area contributed by atoms with Gasteiger partial charge in [-0.2, -0.15) is 5.10 Å². The summed E-state index contributed by atoms with van der Waals surface area (Å²) in [6.45, 7) is 2.13. The Labute approximate surface area is 94.3 Å². The summed E-state index contributed by atoms with van der Waals surface area (Å²) in [7, 11) is 1.91. The standard InChI is InChI=1S/C11H15N5/c1-3-4-10-8(7-16(2)15-10)9-5-6-13-11(12)14-9/h5-7H,3-4H2,1-2H3,(H2,12,13,14). The van der Waals surface area contributed by atoms with Crippen LogP contribution in [0, 0.1) is 0 Å². The summed E-state index contributed by atoms with van der Waals surface area (Å²) in [5.41, 5.74) is 8.51. The molecule has 2 N–H and O–H groups in total. The lowest BCUT2D eigenvalue weighted by Crippen LogP contribution is -1.96. The first kappa shape index (κ1) is 10.6. The van der Waals surface area contributed by atoms with Crippen molar-refractivity contribution in [3.8, 4) is 11.3 Å². The van der Waals surface area contributed by atoms with Gasteiger partial charge in [-0.15, -0.1) is 0 Å². The molecule has 5 heteroatoms. The third kappa shape index (κ3) is 2.03. The van der Waals surface area contributed by atoms with Crippen molar-refractivity contribution in [2.75, 3.05) is 5.73 Å². The Morgan fingerprint density at radius 2 is 2.25 bits per heavy atom. The lowest BCUT2D eigenvalue weighted by molar-refractivity contribution is 0.733. The molecule has 0 radical (unpaired) electrons. The first-order chi connectivity index (χ1) is 7.70. The van der Waals surface area contributed by atoms with Crippen molar-refractivity contribution in [2.45, 2.75) is 19.8 Å². The summed E-state index contributed by atoms with van der Waals surface area (Å²) in [5.74, 6) is 0.295. The molecule has 2 heterocycles. The monoisotopic (exact) mass is 217 g/mol. The van der Waals surface area contributed by atoms with Gasteiger partial charge in [0.05, 0.1) is 11.4 Å². The third-order valence-electron chi connectivity index (χ3n) is 2.34. The predicted octanol–water partition coefficient (Wildman–Crippen LogP) is 1.41. The van der Waals surface area contributed by atoms with Crippen LogP contribution < -0.4 is 5.73 Å². The summed E-state index contributed by atoms with van der Waals surface area (Å²) in [4.78, 5) is 8.10. The zero-order valence-electron chi connectivity index (χ0n) is 9.51. The van der Waals surface area contributed by atoms with Gasteiger partial charge in [0.15, 0.2) is 0 Å². The van der Waals surface area contributed by atoms with Crippen LogP contribution in [0.25, 0.3) is 11.3 Å². The Balaban J connectivity index is 2.46. The highest BCUT2D eigenvalue weighted by Gasteiger charge is 2.10. The molecule has 0 bridgehead atoms. The number of aromatic nitrogens is 4. The summed E-state index contributed by atoms with van der Waals surface area (Å²) in [6, 6.07) is 1.85. The number of nitrogen functional groups attached to an aromatic ring is 1. The topological polar surface area (TPSA) is 69.6 Å². The summed E-state index contributed by atoms with van der Waals surface area (Å²) >= 11 is 0. The molecule has 0 unspecified atom stereocenters. The Morgan fingerprint density at radius 3 is 2.94 bits per heavy atom. The summed E-state index contributed by atoms with van der Waals surface area (Å²) < 4.78 is 1.80. The second-order valence-corrected chi connectivity index (χ2v) is 3.71. The molecule has 2 aromatic heterocycles.